The summed E-state index contributed by atoms with van der Waals surface area (Å²) in [6, 6.07) is 6.92. The summed E-state index contributed by atoms with van der Waals surface area (Å²) in [5, 5.41) is 7.29. The average molecular weight is 324 g/mol. The molecule has 23 heavy (non-hydrogen) atoms. The van der Waals surface area contributed by atoms with Crippen LogP contribution >= 0.6 is 0 Å². The highest BCUT2D eigenvalue weighted by Gasteiger charge is 2.28. The van der Waals surface area contributed by atoms with Gasteiger partial charge in [0.2, 0.25) is 0 Å². The van der Waals surface area contributed by atoms with Crippen LogP contribution in [0.2, 0.25) is 0 Å². The lowest BCUT2D eigenvalue weighted by atomic mass is 10.1. The minimum absolute atomic E-state index is 0.00571. The molecule has 2 aromatic heterocycles. The van der Waals surface area contributed by atoms with Gasteiger partial charge in [0.05, 0.1) is 17.5 Å². The van der Waals surface area contributed by atoms with Gasteiger partial charge in [0.1, 0.15) is 0 Å². The fourth-order valence-electron chi connectivity index (χ4n) is 1.98. The fourth-order valence-corrected chi connectivity index (χ4v) is 1.98. The van der Waals surface area contributed by atoms with Gasteiger partial charge in [-0.25, -0.2) is 0 Å². The van der Waals surface area contributed by atoms with E-state index in [1.165, 1.54) is 0 Å². The van der Waals surface area contributed by atoms with Gasteiger partial charge in [-0.15, -0.1) is 0 Å². The second-order valence-electron chi connectivity index (χ2n) is 4.82. The first kappa shape index (κ1) is 15.2. The van der Waals surface area contributed by atoms with Crippen molar-refractivity contribution in [2.24, 2.45) is 0 Å². The zero-order chi connectivity index (χ0) is 16.4. The van der Waals surface area contributed by atoms with Crippen molar-refractivity contribution < 1.29 is 22.2 Å². The zero-order valence-electron chi connectivity index (χ0n) is 12.0. The fraction of sp³-hybridized carbons (Fsp3) is 0.286. The van der Waals surface area contributed by atoms with Crippen molar-refractivity contribution in [1.29, 1.82) is 0 Å². The molecular weight excluding hydrogens is 313 g/mol. The third-order valence-electron chi connectivity index (χ3n) is 3.02. The number of rotatable bonds is 4. The van der Waals surface area contributed by atoms with Gasteiger partial charge in [0.25, 0.3) is 11.8 Å². The minimum Gasteiger partial charge on any atom is -0.334 e. The SMILES string of the molecule is Cc1noc(-c2ccccc2-c2nc(CCC(F)(F)F)no2)n1. The molecule has 0 N–H and O–H groups in total. The van der Waals surface area contributed by atoms with Crippen LogP contribution in [0.1, 0.15) is 18.1 Å². The molecule has 9 heteroatoms. The molecule has 0 aliphatic heterocycles. The number of hydrogen-bond donors (Lipinski definition) is 0. The molecule has 0 aliphatic carbocycles. The van der Waals surface area contributed by atoms with E-state index in [0.717, 1.165) is 0 Å². The van der Waals surface area contributed by atoms with Crippen molar-refractivity contribution >= 4 is 0 Å². The summed E-state index contributed by atoms with van der Waals surface area (Å²) < 4.78 is 46.9. The third-order valence-corrected chi connectivity index (χ3v) is 3.02. The predicted molar refractivity (Wildman–Crippen MR) is 72.1 cm³/mol. The average Bonchev–Trinajstić information content (AvgIpc) is 3.13. The summed E-state index contributed by atoms with van der Waals surface area (Å²) in [6.45, 7) is 1.68. The van der Waals surface area contributed by atoms with Crippen molar-refractivity contribution in [3.8, 4) is 22.9 Å². The van der Waals surface area contributed by atoms with E-state index in [0.29, 0.717) is 17.0 Å². The van der Waals surface area contributed by atoms with Crippen LogP contribution in [0.5, 0.6) is 0 Å². The lowest BCUT2D eigenvalue weighted by Crippen LogP contribution is -2.09. The maximum atomic E-state index is 12.2. The van der Waals surface area contributed by atoms with Gasteiger partial charge in [-0.05, 0) is 19.1 Å². The topological polar surface area (TPSA) is 77.8 Å². The second-order valence-corrected chi connectivity index (χ2v) is 4.82. The Morgan fingerprint density at radius 1 is 0.957 bits per heavy atom. The second kappa shape index (κ2) is 5.82. The third kappa shape index (κ3) is 3.55. The van der Waals surface area contributed by atoms with E-state index in [9.17, 15) is 13.2 Å². The number of benzene rings is 1. The van der Waals surface area contributed by atoms with Crippen LogP contribution in [0.15, 0.2) is 33.3 Å². The molecule has 0 fully saturated rings. The van der Waals surface area contributed by atoms with Gasteiger partial charge in [-0.2, -0.15) is 23.1 Å². The van der Waals surface area contributed by atoms with Crippen molar-refractivity contribution in [3.63, 3.8) is 0 Å². The van der Waals surface area contributed by atoms with Crippen molar-refractivity contribution in [1.82, 2.24) is 20.3 Å². The summed E-state index contributed by atoms with van der Waals surface area (Å²) in [7, 11) is 0. The summed E-state index contributed by atoms with van der Waals surface area (Å²) in [4.78, 5) is 8.14. The van der Waals surface area contributed by atoms with Gasteiger partial charge in [-0.3, -0.25) is 0 Å². The van der Waals surface area contributed by atoms with Crippen molar-refractivity contribution in [2.75, 3.05) is 0 Å². The maximum absolute atomic E-state index is 12.2. The first-order chi connectivity index (χ1) is 10.9. The van der Waals surface area contributed by atoms with Crippen LogP contribution in [0, 0.1) is 6.92 Å². The molecule has 0 saturated heterocycles. The van der Waals surface area contributed by atoms with E-state index < -0.39 is 12.6 Å². The largest absolute Gasteiger partial charge is 0.389 e. The van der Waals surface area contributed by atoms with Gasteiger partial charge in [0, 0.05) is 6.42 Å². The summed E-state index contributed by atoms with van der Waals surface area (Å²) in [5.41, 5.74) is 1.08. The molecule has 6 nitrogen and oxygen atoms in total. The molecule has 0 aliphatic rings. The van der Waals surface area contributed by atoms with Crippen LogP contribution in [-0.2, 0) is 6.42 Å². The highest BCUT2D eigenvalue weighted by molar-refractivity contribution is 5.75. The summed E-state index contributed by atoms with van der Waals surface area (Å²) in [5.74, 6) is 0.835. The van der Waals surface area contributed by atoms with Crippen molar-refractivity contribution in [3.05, 3.63) is 35.9 Å². The Morgan fingerprint density at radius 3 is 2.13 bits per heavy atom. The molecule has 0 unspecified atom stereocenters. The van der Waals surface area contributed by atoms with E-state index in [1.54, 1.807) is 31.2 Å². The Bertz CT molecular complexity index is 810. The van der Waals surface area contributed by atoms with Gasteiger partial charge in [0.15, 0.2) is 11.6 Å². The van der Waals surface area contributed by atoms with E-state index >= 15 is 0 Å². The molecule has 0 saturated carbocycles. The first-order valence-electron chi connectivity index (χ1n) is 6.72. The van der Waals surface area contributed by atoms with Gasteiger partial charge >= 0.3 is 6.18 Å². The number of halogens is 3. The molecular formula is C14H11F3N4O2. The Morgan fingerprint density at radius 2 is 1.57 bits per heavy atom. The smallest absolute Gasteiger partial charge is 0.334 e. The molecule has 2 heterocycles. The normalized spacial score (nSPS) is 11.8. The molecule has 0 amide bonds. The zero-order valence-corrected chi connectivity index (χ0v) is 12.0. The van der Waals surface area contributed by atoms with E-state index in [2.05, 4.69) is 20.3 Å². The number of hydrogen-bond acceptors (Lipinski definition) is 6. The van der Waals surface area contributed by atoms with Crippen LogP contribution in [0.3, 0.4) is 0 Å². The lowest BCUT2D eigenvalue weighted by Gasteiger charge is -2.02. The molecule has 0 atom stereocenters. The first-order valence-corrected chi connectivity index (χ1v) is 6.72. The molecule has 0 bridgehead atoms. The number of aryl methyl sites for hydroxylation is 2. The van der Waals surface area contributed by atoms with Crippen LogP contribution in [0.4, 0.5) is 13.2 Å². The van der Waals surface area contributed by atoms with Gasteiger partial charge in [-0.1, -0.05) is 22.4 Å². The molecule has 0 spiro atoms. The van der Waals surface area contributed by atoms with Crippen LogP contribution in [0.25, 0.3) is 22.9 Å². The number of alkyl halides is 3. The Labute approximate surface area is 128 Å². The predicted octanol–water partition coefficient (Wildman–Crippen LogP) is 3.59. The quantitative estimate of drug-likeness (QED) is 0.730. The van der Waals surface area contributed by atoms with Crippen molar-refractivity contribution in [2.45, 2.75) is 25.9 Å². The highest BCUT2D eigenvalue weighted by atomic mass is 19.4. The molecule has 0 radical (unpaired) electrons. The molecule has 120 valence electrons. The molecule has 3 rings (SSSR count). The Hall–Kier alpha value is -2.71. The highest BCUT2D eigenvalue weighted by Crippen LogP contribution is 2.30. The number of aromatic nitrogens is 4. The van der Waals surface area contributed by atoms with E-state index in [4.69, 9.17) is 9.05 Å². The monoisotopic (exact) mass is 324 g/mol. The number of nitrogens with zero attached hydrogens (tertiary/aromatic N) is 4. The Kier molecular flexibility index (Phi) is 3.85. The maximum Gasteiger partial charge on any atom is 0.389 e. The lowest BCUT2D eigenvalue weighted by molar-refractivity contribution is -0.134. The minimum atomic E-state index is -4.26. The Balaban J connectivity index is 1.89. The van der Waals surface area contributed by atoms with E-state index in [-0.39, 0.29) is 24.0 Å². The standard InChI is InChI=1S/C14H11F3N4O2/c1-8-18-12(22-20-8)9-4-2-3-5-10(9)13-19-11(21-23-13)6-7-14(15,16)17/h2-5H,6-7H2,1H3. The van der Waals surface area contributed by atoms with E-state index in [1.807, 2.05) is 0 Å². The van der Waals surface area contributed by atoms with Crippen LogP contribution < -0.4 is 0 Å². The molecule has 3 aromatic rings. The molecule has 1 aromatic carbocycles. The van der Waals surface area contributed by atoms with Gasteiger partial charge < -0.3 is 9.05 Å². The summed E-state index contributed by atoms with van der Waals surface area (Å²) >= 11 is 0. The van der Waals surface area contributed by atoms with Crippen LogP contribution in [-0.4, -0.2) is 26.5 Å². The summed E-state index contributed by atoms with van der Waals surface area (Å²) in [6.07, 6.45) is -5.61.